The van der Waals surface area contributed by atoms with Gasteiger partial charge in [0.15, 0.2) is 0 Å². The van der Waals surface area contributed by atoms with E-state index in [4.69, 9.17) is 21.0 Å². The molecule has 0 atom stereocenters. The molecule has 7 nitrogen and oxygen atoms in total. The van der Waals surface area contributed by atoms with E-state index in [1.807, 2.05) is 48.5 Å². The van der Waals surface area contributed by atoms with Gasteiger partial charge in [-0.3, -0.25) is 4.99 Å². The minimum Gasteiger partial charge on any atom is -0.478 e. The molecule has 1 N–H and O–H groups in total. The Balaban J connectivity index is 1.54. The molecule has 3 aromatic rings. The molecule has 0 saturated carbocycles. The maximum absolute atomic E-state index is 11.4. The van der Waals surface area contributed by atoms with Crippen molar-refractivity contribution in [3.05, 3.63) is 101 Å². The molecule has 1 aromatic heterocycles. The first kappa shape index (κ1) is 21.1. The van der Waals surface area contributed by atoms with E-state index in [-0.39, 0.29) is 5.56 Å². The van der Waals surface area contributed by atoms with Crippen molar-refractivity contribution in [3.8, 4) is 22.6 Å². The van der Waals surface area contributed by atoms with E-state index in [9.17, 15) is 9.90 Å². The predicted molar refractivity (Wildman–Crippen MR) is 134 cm³/mol. The van der Waals surface area contributed by atoms with Crippen molar-refractivity contribution in [2.24, 2.45) is 4.99 Å². The summed E-state index contributed by atoms with van der Waals surface area (Å²) in [4.78, 5) is 27.2. The Morgan fingerprint density at radius 1 is 1.03 bits per heavy atom. The molecule has 0 amide bonds. The Bertz CT molecular complexity index is 1580. The van der Waals surface area contributed by atoms with Crippen molar-refractivity contribution in [3.63, 3.8) is 0 Å². The van der Waals surface area contributed by atoms with Gasteiger partial charge in [-0.25, -0.2) is 19.7 Å². The molecule has 8 heteroatoms. The van der Waals surface area contributed by atoms with Crippen molar-refractivity contribution in [1.29, 1.82) is 0 Å². The van der Waals surface area contributed by atoms with Crippen LogP contribution in [0.15, 0.2) is 88.4 Å². The minimum atomic E-state index is -0.998. The summed E-state index contributed by atoms with van der Waals surface area (Å²) in [5, 5.41) is 9.96. The fourth-order valence-corrected chi connectivity index (χ4v) is 4.30. The first-order chi connectivity index (χ1) is 17.1. The number of carboxylic acid groups (broad SMARTS) is 1. The van der Waals surface area contributed by atoms with Crippen molar-refractivity contribution in [2.75, 3.05) is 4.90 Å². The van der Waals surface area contributed by atoms with E-state index < -0.39 is 5.97 Å². The quantitative estimate of drug-likeness (QED) is 0.312. The van der Waals surface area contributed by atoms with Gasteiger partial charge in [0.1, 0.15) is 5.76 Å². The average molecular weight is 481 g/mol. The highest BCUT2D eigenvalue weighted by Crippen LogP contribution is 2.38. The molecular formula is C27H17ClN4O3. The smallest absolute Gasteiger partial charge is 0.335 e. The average Bonchev–Trinajstić information content (AvgIpc) is 3.26. The largest absolute Gasteiger partial charge is 0.478 e. The molecule has 0 fully saturated rings. The van der Waals surface area contributed by atoms with E-state index in [1.165, 1.54) is 0 Å². The van der Waals surface area contributed by atoms with E-state index in [2.05, 4.69) is 9.98 Å². The molecule has 0 bridgehead atoms. The predicted octanol–water partition coefficient (Wildman–Crippen LogP) is 6.60. The second-order valence-electron chi connectivity index (χ2n) is 8.05. The van der Waals surface area contributed by atoms with Crippen LogP contribution in [0.1, 0.15) is 21.5 Å². The van der Waals surface area contributed by atoms with Crippen LogP contribution in [0.5, 0.6) is 0 Å². The standard InChI is InChI=1S/C27H17ClN4O3/c28-20-7-10-22-18(12-20)13-29-14-19-15-30-27(31-25(19)22)32(21-8-4-17(5-9-21)26(33)34)24-11-6-16-2-1-3-23(16)35-24/h1-13,15H,14H2,(H,33,34). The number of halogens is 1. The number of carboxylic acids is 1. The summed E-state index contributed by atoms with van der Waals surface area (Å²) < 4.78 is 6.19. The number of hydrogen-bond acceptors (Lipinski definition) is 6. The Hall–Kier alpha value is -4.49. The first-order valence-electron chi connectivity index (χ1n) is 10.8. The molecule has 3 aliphatic rings. The zero-order valence-corrected chi connectivity index (χ0v) is 19.0. The Labute approximate surface area is 205 Å². The number of nitrogens with zero attached hydrogens (tertiary/aromatic N) is 4. The summed E-state index contributed by atoms with van der Waals surface area (Å²) in [5.74, 6) is 0.595. The van der Waals surface area contributed by atoms with Crippen LogP contribution in [-0.2, 0) is 6.54 Å². The van der Waals surface area contributed by atoms with Crippen LogP contribution in [0, 0.1) is 0 Å². The van der Waals surface area contributed by atoms with Gasteiger partial charge in [-0.15, -0.1) is 0 Å². The summed E-state index contributed by atoms with van der Waals surface area (Å²) in [7, 11) is 0. The Kier molecular flexibility index (Phi) is 5.04. The van der Waals surface area contributed by atoms with Gasteiger partial charge in [0.2, 0.25) is 11.8 Å². The van der Waals surface area contributed by atoms with Crippen LogP contribution in [0.3, 0.4) is 0 Å². The summed E-state index contributed by atoms with van der Waals surface area (Å²) in [6.45, 7) is 0.444. The van der Waals surface area contributed by atoms with Gasteiger partial charge in [-0.2, -0.15) is 0 Å². The topological polar surface area (TPSA) is 91.8 Å². The lowest BCUT2D eigenvalue weighted by Crippen LogP contribution is -2.15. The second-order valence-corrected chi connectivity index (χ2v) is 8.49. The number of hydrogen-bond donors (Lipinski definition) is 1. The van der Waals surface area contributed by atoms with Crippen LogP contribution >= 0.6 is 11.6 Å². The van der Waals surface area contributed by atoms with E-state index in [0.717, 1.165) is 33.7 Å². The fraction of sp³-hybridized carbons (Fsp3) is 0.0370. The number of aromatic carboxylic acids is 1. The van der Waals surface area contributed by atoms with Gasteiger partial charge in [0.25, 0.3) is 0 Å². The molecule has 0 saturated heterocycles. The number of fused-ring (bicyclic) bond motifs is 4. The van der Waals surface area contributed by atoms with Gasteiger partial charge in [-0.1, -0.05) is 29.8 Å². The van der Waals surface area contributed by atoms with Crippen molar-refractivity contribution >= 4 is 41.3 Å². The van der Waals surface area contributed by atoms with Crippen LogP contribution in [0.25, 0.3) is 22.6 Å². The fourth-order valence-electron chi connectivity index (χ4n) is 4.12. The van der Waals surface area contributed by atoms with Crippen molar-refractivity contribution in [1.82, 2.24) is 9.97 Å². The number of benzene rings is 2. The van der Waals surface area contributed by atoms with Crippen LogP contribution in [0.4, 0.5) is 17.5 Å². The second kappa shape index (κ2) is 8.38. The maximum atomic E-state index is 11.4. The van der Waals surface area contributed by atoms with Gasteiger partial charge in [0.05, 0.1) is 23.5 Å². The number of anilines is 3. The Morgan fingerprint density at radius 3 is 2.71 bits per heavy atom. The van der Waals surface area contributed by atoms with Crippen LogP contribution in [0.2, 0.25) is 5.02 Å². The molecule has 2 aromatic carbocycles. The number of aromatic nitrogens is 2. The molecule has 0 radical (unpaired) electrons. The number of aliphatic imine (C=N–C) groups is 1. The molecular weight excluding hydrogens is 464 g/mol. The lowest BCUT2D eigenvalue weighted by molar-refractivity contribution is 0.0697. The van der Waals surface area contributed by atoms with E-state index >= 15 is 0 Å². The molecule has 35 heavy (non-hydrogen) atoms. The molecule has 1 aliphatic carbocycles. The third kappa shape index (κ3) is 3.82. The van der Waals surface area contributed by atoms with E-state index in [1.54, 1.807) is 41.6 Å². The first-order valence-corrected chi connectivity index (χ1v) is 11.2. The van der Waals surface area contributed by atoms with Gasteiger partial charge in [0, 0.05) is 45.8 Å². The maximum Gasteiger partial charge on any atom is 0.335 e. The van der Waals surface area contributed by atoms with E-state index in [0.29, 0.717) is 29.1 Å². The summed E-state index contributed by atoms with van der Waals surface area (Å²) >= 11 is 6.22. The number of carbonyl (C=O) groups is 1. The summed E-state index contributed by atoms with van der Waals surface area (Å²) in [6, 6.07) is 21.7. The molecule has 2 aliphatic heterocycles. The SMILES string of the molecule is O=C(O)c1ccc(N(c2ncc3c(n2)-c2ccc(Cl)cc2C=NC3)c2ccc3cccc-3o2)cc1. The van der Waals surface area contributed by atoms with Gasteiger partial charge >= 0.3 is 5.97 Å². The van der Waals surface area contributed by atoms with Crippen molar-refractivity contribution < 1.29 is 14.3 Å². The van der Waals surface area contributed by atoms with Gasteiger partial charge in [-0.05, 0) is 48.5 Å². The molecule has 0 unspecified atom stereocenters. The Morgan fingerprint density at radius 2 is 1.89 bits per heavy atom. The number of rotatable bonds is 4. The summed E-state index contributed by atoms with van der Waals surface area (Å²) in [6.07, 6.45) is 3.56. The normalized spacial score (nSPS) is 12.1. The third-order valence-electron chi connectivity index (χ3n) is 5.83. The lowest BCUT2D eigenvalue weighted by Gasteiger charge is -2.23. The van der Waals surface area contributed by atoms with Crippen molar-refractivity contribution in [2.45, 2.75) is 6.54 Å². The summed E-state index contributed by atoms with van der Waals surface area (Å²) in [5.41, 5.74) is 5.23. The van der Waals surface area contributed by atoms with Gasteiger partial charge < -0.3 is 9.52 Å². The molecule has 170 valence electrons. The van der Waals surface area contributed by atoms with Crippen LogP contribution < -0.4 is 4.90 Å². The van der Waals surface area contributed by atoms with Crippen LogP contribution in [-0.4, -0.2) is 27.3 Å². The highest BCUT2D eigenvalue weighted by molar-refractivity contribution is 6.31. The molecule has 3 heterocycles. The zero-order valence-electron chi connectivity index (χ0n) is 18.2. The minimum absolute atomic E-state index is 0.183. The highest BCUT2D eigenvalue weighted by Gasteiger charge is 2.23. The molecule has 0 spiro atoms. The monoisotopic (exact) mass is 480 g/mol. The molecule has 6 rings (SSSR count). The lowest BCUT2D eigenvalue weighted by atomic mass is 10.0. The highest BCUT2D eigenvalue weighted by atomic mass is 35.5. The zero-order chi connectivity index (χ0) is 23.9. The third-order valence-corrected chi connectivity index (χ3v) is 6.07.